The zero-order valence-corrected chi connectivity index (χ0v) is 19.5. The summed E-state index contributed by atoms with van der Waals surface area (Å²) in [6.07, 6.45) is 0. The normalized spacial score (nSPS) is 10.9. The second kappa shape index (κ2) is 9.41. The summed E-state index contributed by atoms with van der Waals surface area (Å²) in [5.74, 6) is 1.45. The number of hydrogen-bond donors (Lipinski definition) is 0. The van der Waals surface area contributed by atoms with Gasteiger partial charge in [0, 0.05) is 10.5 Å². The lowest BCUT2D eigenvalue weighted by molar-refractivity contribution is -0.566. The van der Waals surface area contributed by atoms with E-state index in [1.807, 2.05) is 54.6 Å². The lowest BCUT2D eigenvalue weighted by Gasteiger charge is -2.14. The molecule has 0 atom stereocenters. The van der Waals surface area contributed by atoms with E-state index >= 15 is 0 Å². The van der Waals surface area contributed by atoms with Crippen molar-refractivity contribution in [2.24, 2.45) is 0 Å². The van der Waals surface area contributed by atoms with Gasteiger partial charge >= 0.3 is 5.56 Å². The van der Waals surface area contributed by atoms with Gasteiger partial charge in [-0.25, -0.2) is 0 Å². The number of nitrogens with zero attached hydrogens (tertiary/aromatic N) is 2. The van der Waals surface area contributed by atoms with E-state index in [1.165, 1.54) is 4.73 Å². The summed E-state index contributed by atoms with van der Waals surface area (Å²) in [6.45, 7) is 0.137. The van der Waals surface area contributed by atoms with E-state index in [0.717, 1.165) is 15.8 Å². The van der Waals surface area contributed by atoms with Crippen molar-refractivity contribution in [1.82, 2.24) is 4.73 Å². The second-order valence-electron chi connectivity index (χ2n) is 7.57. The maximum atomic E-state index is 13.4. The van der Waals surface area contributed by atoms with Gasteiger partial charge in [0.25, 0.3) is 5.69 Å². The van der Waals surface area contributed by atoms with E-state index in [-0.39, 0.29) is 12.3 Å². The Bertz CT molecular complexity index is 1500. The molecule has 0 N–H and O–H groups in total. The molecule has 0 unspecified atom stereocenters. The van der Waals surface area contributed by atoms with Gasteiger partial charge in [-0.1, -0.05) is 58.4 Å². The highest BCUT2D eigenvalue weighted by Gasteiger charge is 2.23. The van der Waals surface area contributed by atoms with Gasteiger partial charge in [0.05, 0.1) is 5.56 Å². The van der Waals surface area contributed by atoms with Crippen molar-refractivity contribution in [2.75, 3.05) is 0 Å². The number of hydrogen-bond acceptors (Lipinski definition) is 4. The van der Waals surface area contributed by atoms with Crippen LogP contribution in [0.1, 0.15) is 5.56 Å². The molecule has 0 aliphatic rings. The Hall–Kier alpha value is -4.10. The highest BCUT2D eigenvalue weighted by Crippen LogP contribution is 2.22. The summed E-state index contributed by atoms with van der Waals surface area (Å²) < 4.78 is 8.53. The van der Waals surface area contributed by atoms with Crippen LogP contribution in [0.2, 0.25) is 0 Å². The van der Waals surface area contributed by atoms with Crippen molar-refractivity contribution < 1.29 is 14.3 Å². The maximum absolute atomic E-state index is 13.4. The number of aromatic nitrogens is 2. The fourth-order valence-electron chi connectivity index (χ4n) is 3.61. The summed E-state index contributed by atoms with van der Waals surface area (Å²) >= 11 is 3.38. The lowest BCUT2D eigenvalue weighted by atomic mass is 10.1. The van der Waals surface area contributed by atoms with E-state index in [0.29, 0.717) is 27.1 Å². The van der Waals surface area contributed by atoms with Gasteiger partial charge in [0.2, 0.25) is 5.52 Å². The molecule has 1 heterocycles. The highest BCUT2D eigenvalue weighted by molar-refractivity contribution is 9.10. The molecule has 0 amide bonds. The standard InChI is InChI=1S/C27H19BrN2O4/c28-21-14-12-20(13-15-21)26-27(31)30(25-9-5-4-8-24(25)29(26)32)33-18-19-10-16-23(17-11-19)34-22-6-2-1-3-7-22/h1-17H,18H2. The molecule has 5 rings (SSSR count). The predicted molar refractivity (Wildman–Crippen MR) is 134 cm³/mol. The van der Waals surface area contributed by atoms with Crippen molar-refractivity contribution in [2.45, 2.75) is 6.61 Å². The first-order valence-corrected chi connectivity index (χ1v) is 11.4. The molecule has 1 aromatic heterocycles. The maximum Gasteiger partial charge on any atom is 0.357 e. The summed E-state index contributed by atoms with van der Waals surface area (Å²) in [6, 6.07) is 30.8. The molecule has 6 nitrogen and oxygen atoms in total. The smallest absolute Gasteiger partial charge is 0.357 e. The molecule has 0 saturated carbocycles. The van der Waals surface area contributed by atoms with Crippen molar-refractivity contribution in [3.8, 4) is 22.8 Å². The van der Waals surface area contributed by atoms with Gasteiger partial charge in [0.1, 0.15) is 18.1 Å². The van der Waals surface area contributed by atoms with Crippen LogP contribution in [-0.4, -0.2) is 4.73 Å². The third kappa shape index (κ3) is 4.38. The van der Waals surface area contributed by atoms with E-state index in [1.54, 1.807) is 48.5 Å². The zero-order valence-electron chi connectivity index (χ0n) is 17.9. The monoisotopic (exact) mass is 514 g/mol. The van der Waals surface area contributed by atoms with E-state index < -0.39 is 5.56 Å². The molecular weight excluding hydrogens is 496 g/mol. The van der Waals surface area contributed by atoms with Gasteiger partial charge in [-0.2, -0.15) is 4.73 Å². The van der Waals surface area contributed by atoms with Crippen molar-refractivity contribution in [3.05, 3.63) is 129 Å². The lowest BCUT2D eigenvalue weighted by Crippen LogP contribution is -2.42. The summed E-state index contributed by atoms with van der Waals surface area (Å²) in [4.78, 5) is 19.3. The first-order valence-electron chi connectivity index (χ1n) is 10.6. The van der Waals surface area contributed by atoms with Gasteiger partial charge in [0.15, 0.2) is 5.52 Å². The molecule has 0 fully saturated rings. The molecule has 0 spiro atoms. The molecular formula is C27H19BrN2O4. The Kier molecular flexibility index (Phi) is 6.01. The van der Waals surface area contributed by atoms with Crippen molar-refractivity contribution in [1.29, 1.82) is 0 Å². The molecule has 0 aliphatic carbocycles. The quantitative estimate of drug-likeness (QED) is 0.222. The molecule has 0 radical (unpaired) electrons. The van der Waals surface area contributed by atoms with Crippen molar-refractivity contribution >= 4 is 27.0 Å². The minimum Gasteiger partial charge on any atom is -0.618 e. The number of para-hydroxylation sites is 3. The van der Waals surface area contributed by atoms with E-state index in [9.17, 15) is 10.0 Å². The van der Waals surface area contributed by atoms with E-state index in [4.69, 9.17) is 9.57 Å². The van der Waals surface area contributed by atoms with Gasteiger partial charge < -0.3 is 14.8 Å². The molecule has 0 saturated heterocycles. The number of halogens is 1. The van der Waals surface area contributed by atoms with Gasteiger partial charge in [-0.05, 0) is 60.2 Å². The van der Waals surface area contributed by atoms with Crippen LogP contribution in [0, 0.1) is 5.21 Å². The number of rotatable bonds is 6. The van der Waals surface area contributed by atoms with Crippen LogP contribution in [0.15, 0.2) is 112 Å². The van der Waals surface area contributed by atoms with Crippen LogP contribution < -0.4 is 19.9 Å². The Labute approximate surface area is 203 Å². The minimum absolute atomic E-state index is 0.00203. The first-order chi connectivity index (χ1) is 16.6. The van der Waals surface area contributed by atoms with Crippen LogP contribution in [0.5, 0.6) is 11.5 Å². The highest BCUT2D eigenvalue weighted by atomic mass is 79.9. The summed E-state index contributed by atoms with van der Waals surface area (Å²) in [7, 11) is 0. The number of ether oxygens (including phenoxy) is 1. The third-order valence-electron chi connectivity index (χ3n) is 5.29. The molecule has 0 aliphatic heterocycles. The van der Waals surface area contributed by atoms with Gasteiger partial charge in [-0.15, -0.1) is 4.73 Å². The molecule has 0 bridgehead atoms. The number of benzene rings is 4. The summed E-state index contributed by atoms with van der Waals surface area (Å²) in [5, 5.41) is 13.1. The zero-order chi connectivity index (χ0) is 23.5. The average molecular weight is 515 g/mol. The molecule has 168 valence electrons. The molecule has 5 aromatic rings. The van der Waals surface area contributed by atoms with Crippen LogP contribution >= 0.6 is 15.9 Å². The Balaban J connectivity index is 1.45. The summed E-state index contributed by atoms with van der Waals surface area (Å²) in [5.41, 5.74) is 1.56. The van der Waals surface area contributed by atoms with Crippen LogP contribution in [-0.2, 0) is 6.61 Å². The van der Waals surface area contributed by atoms with Crippen LogP contribution in [0.3, 0.4) is 0 Å². The van der Waals surface area contributed by atoms with Crippen LogP contribution in [0.4, 0.5) is 0 Å². The van der Waals surface area contributed by atoms with Crippen LogP contribution in [0.25, 0.3) is 22.3 Å². The first kappa shape index (κ1) is 21.7. The second-order valence-corrected chi connectivity index (χ2v) is 8.49. The fraction of sp³-hybridized carbons (Fsp3) is 0.0370. The van der Waals surface area contributed by atoms with Gasteiger partial charge in [-0.3, -0.25) is 4.79 Å². The average Bonchev–Trinajstić information content (AvgIpc) is 2.87. The SMILES string of the molecule is O=c1c(-c2ccc(Br)cc2)[n+]([O-])c2ccccc2n1OCc1ccc(Oc2ccccc2)cc1. The largest absolute Gasteiger partial charge is 0.618 e. The Morgan fingerprint density at radius 1 is 0.794 bits per heavy atom. The van der Waals surface area contributed by atoms with E-state index in [2.05, 4.69) is 15.9 Å². The predicted octanol–water partition coefficient (Wildman–Crippen LogP) is 5.49. The number of fused-ring (bicyclic) bond motifs is 1. The molecule has 34 heavy (non-hydrogen) atoms. The minimum atomic E-state index is -0.528. The topological polar surface area (TPSA) is 67.4 Å². The fourth-order valence-corrected chi connectivity index (χ4v) is 3.88. The van der Waals surface area contributed by atoms with Crippen molar-refractivity contribution in [3.63, 3.8) is 0 Å². The Morgan fingerprint density at radius 2 is 1.44 bits per heavy atom. The third-order valence-corrected chi connectivity index (χ3v) is 5.82. The molecule has 7 heteroatoms. The Morgan fingerprint density at radius 3 is 2.18 bits per heavy atom. The molecule has 4 aromatic carbocycles.